The number of pyridine rings is 1. The fourth-order valence-electron chi connectivity index (χ4n) is 1.59. The summed E-state index contributed by atoms with van der Waals surface area (Å²) in [6.45, 7) is 1.72. The first-order valence-corrected chi connectivity index (χ1v) is 7.43. The molecule has 0 fully saturated rings. The van der Waals surface area contributed by atoms with E-state index < -0.39 is 6.10 Å². The average Bonchev–Trinajstić information content (AvgIpc) is 2.49. The number of aromatic nitrogens is 1. The third-order valence-corrected chi connectivity index (χ3v) is 3.43. The van der Waals surface area contributed by atoms with Crippen molar-refractivity contribution in [1.29, 1.82) is 0 Å². The van der Waals surface area contributed by atoms with E-state index in [1.54, 1.807) is 43.2 Å². The van der Waals surface area contributed by atoms with Gasteiger partial charge in [-0.2, -0.15) is 0 Å². The number of benzene rings is 1. The van der Waals surface area contributed by atoms with Gasteiger partial charge >= 0.3 is 0 Å². The van der Waals surface area contributed by atoms with E-state index in [0.717, 1.165) is 4.90 Å². The van der Waals surface area contributed by atoms with E-state index in [1.165, 1.54) is 0 Å². The van der Waals surface area contributed by atoms with E-state index >= 15 is 0 Å². The van der Waals surface area contributed by atoms with Crippen LogP contribution in [0.3, 0.4) is 0 Å². The molecule has 0 aliphatic carbocycles. The molecule has 5 heteroatoms. The average molecular weight is 288 g/mol. The molecule has 1 heterocycles. The second kappa shape index (κ2) is 6.96. The lowest BCUT2D eigenvalue weighted by Crippen LogP contribution is -2.30. The van der Waals surface area contributed by atoms with Crippen LogP contribution in [0.25, 0.3) is 0 Å². The number of anilines is 1. The number of rotatable bonds is 5. The third kappa shape index (κ3) is 3.99. The molecular formula is C15H16N2O2S. The quantitative estimate of drug-likeness (QED) is 0.858. The second-order valence-corrected chi connectivity index (χ2v) is 5.04. The van der Waals surface area contributed by atoms with Crippen molar-refractivity contribution in [3.05, 3.63) is 48.8 Å². The minimum Gasteiger partial charge on any atom is -0.481 e. The van der Waals surface area contributed by atoms with Crippen molar-refractivity contribution in [2.45, 2.75) is 17.9 Å². The summed E-state index contributed by atoms with van der Waals surface area (Å²) >= 11 is 1.66. The van der Waals surface area contributed by atoms with Gasteiger partial charge in [-0.25, -0.2) is 0 Å². The molecule has 4 nitrogen and oxygen atoms in total. The Hall–Kier alpha value is -2.01. The van der Waals surface area contributed by atoms with Gasteiger partial charge in [-0.1, -0.05) is 0 Å². The molecule has 0 radical (unpaired) electrons. The first-order valence-electron chi connectivity index (χ1n) is 6.20. The number of nitrogens with zero attached hydrogens (tertiary/aromatic N) is 1. The van der Waals surface area contributed by atoms with Crippen molar-refractivity contribution < 1.29 is 9.53 Å². The smallest absolute Gasteiger partial charge is 0.265 e. The zero-order chi connectivity index (χ0) is 14.4. The van der Waals surface area contributed by atoms with Gasteiger partial charge in [0.15, 0.2) is 6.10 Å². The Labute approximate surface area is 122 Å². The van der Waals surface area contributed by atoms with Crippen LogP contribution in [0.1, 0.15) is 6.92 Å². The Morgan fingerprint density at radius 2 is 1.85 bits per heavy atom. The molecule has 0 spiro atoms. The number of hydrogen-bond donors (Lipinski definition) is 1. The van der Waals surface area contributed by atoms with Crippen LogP contribution in [0.5, 0.6) is 5.75 Å². The maximum atomic E-state index is 12.0. The normalized spacial score (nSPS) is 11.7. The SMILES string of the molecule is CSc1ccc(O[C@H](C)C(=O)Nc2ccncc2)cc1. The molecular weight excluding hydrogens is 272 g/mol. The third-order valence-electron chi connectivity index (χ3n) is 2.69. The van der Waals surface area contributed by atoms with Crippen LogP contribution in [0.2, 0.25) is 0 Å². The number of ether oxygens (including phenoxy) is 1. The first-order chi connectivity index (χ1) is 9.69. The predicted molar refractivity (Wildman–Crippen MR) is 81.2 cm³/mol. The molecule has 1 N–H and O–H groups in total. The highest BCUT2D eigenvalue weighted by Gasteiger charge is 2.14. The van der Waals surface area contributed by atoms with Crippen molar-refractivity contribution in [1.82, 2.24) is 4.98 Å². The molecule has 2 aromatic rings. The number of hydrogen-bond acceptors (Lipinski definition) is 4. The number of carbonyl (C=O) groups excluding carboxylic acids is 1. The zero-order valence-corrected chi connectivity index (χ0v) is 12.2. The van der Waals surface area contributed by atoms with Gasteiger partial charge in [0.25, 0.3) is 5.91 Å². The van der Waals surface area contributed by atoms with Gasteiger partial charge in [-0.15, -0.1) is 11.8 Å². The number of thioether (sulfide) groups is 1. The first kappa shape index (κ1) is 14.4. The molecule has 0 aliphatic rings. The Balaban J connectivity index is 1.93. The van der Waals surface area contributed by atoms with Crippen molar-refractivity contribution in [3.63, 3.8) is 0 Å². The molecule has 104 valence electrons. The largest absolute Gasteiger partial charge is 0.481 e. The fourth-order valence-corrected chi connectivity index (χ4v) is 2.00. The lowest BCUT2D eigenvalue weighted by Gasteiger charge is -2.14. The summed E-state index contributed by atoms with van der Waals surface area (Å²) in [6, 6.07) is 11.1. The van der Waals surface area contributed by atoms with E-state index in [4.69, 9.17) is 4.74 Å². The lowest BCUT2D eigenvalue weighted by atomic mass is 10.3. The maximum absolute atomic E-state index is 12.0. The predicted octanol–water partition coefficient (Wildman–Crippen LogP) is 3.21. The van der Waals surface area contributed by atoms with Crippen molar-refractivity contribution in [3.8, 4) is 5.75 Å². The fraction of sp³-hybridized carbons (Fsp3) is 0.200. The van der Waals surface area contributed by atoms with Crippen molar-refractivity contribution >= 4 is 23.4 Å². The molecule has 0 bridgehead atoms. The Morgan fingerprint density at radius 3 is 2.45 bits per heavy atom. The summed E-state index contributed by atoms with van der Waals surface area (Å²) in [4.78, 5) is 17.0. The van der Waals surface area contributed by atoms with E-state index in [-0.39, 0.29) is 5.91 Å². The van der Waals surface area contributed by atoms with Gasteiger partial charge in [0, 0.05) is 23.0 Å². The molecule has 20 heavy (non-hydrogen) atoms. The molecule has 1 amide bonds. The second-order valence-electron chi connectivity index (χ2n) is 4.16. The Bertz CT molecular complexity index is 558. The van der Waals surface area contributed by atoms with Crippen molar-refractivity contribution in [2.24, 2.45) is 0 Å². The topological polar surface area (TPSA) is 51.2 Å². The summed E-state index contributed by atoms with van der Waals surface area (Å²) in [7, 11) is 0. The van der Waals surface area contributed by atoms with Crippen LogP contribution in [0.15, 0.2) is 53.7 Å². The van der Waals surface area contributed by atoms with Crippen LogP contribution in [-0.4, -0.2) is 23.3 Å². The maximum Gasteiger partial charge on any atom is 0.265 e. The molecule has 1 aromatic heterocycles. The highest BCUT2D eigenvalue weighted by molar-refractivity contribution is 7.98. The minimum absolute atomic E-state index is 0.190. The van der Waals surface area contributed by atoms with Crippen LogP contribution < -0.4 is 10.1 Å². The summed E-state index contributed by atoms with van der Waals surface area (Å²) in [6.07, 6.45) is 4.70. The minimum atomic E-state index is -0.566. The standard InChI is InChI=1S/C15H16N2O2S/c1-11(15(18)17-12-7-9-16-10-8-12)19-13-3-5-14(20-2)6-4-13/h3-11H,1-2H3,(H,16,17,18)/t11-/m1/s1. The van der Waals surface area contributed by atoms with E-state index in [2.05, 4.69) is 10.3 Å². The zero-order valence-electron chi connectivity index (χ0n) is 11.4. The Kier molecular flexibility index (Phi) is 5.01. The van der Waals surface area contributed by atoms with Gasteiger partial charge in [-0.3, -0.25) is 9.78 Å². The van der Waals surface area contributed by atoms with Gasteiger partial charge in [0.05, 0.1) is 0 Å². The van der Waals surface area contributed by atoms with Crippen LogP contribution >= 0.6 is 11.8 Å². The summed E-state index contributed by atoms with van der Waals surface area (Å²) in [5.41, 5.74) is 0.707. The molecule has 2 rings (SSSR count). The van der Waals surface area contributed by atoms with Crippen LogP contribution in [0, 0.1) is 0 Å². The van der Waals surface area contributed by atoms with Gasteiger partial charge in [0.2, 0.25) is 0 Å². The summed E-state index contributed by atoms with van der Waals surface area (Å²) in [5, 5.41) is 2.78. The van der Waals surface area contributed by atoms with Crippen LogP contribution in [-0.2, 0) is 4.79 Å². The lowest BCUT2D eigenvalue weighted by molar-refractivity contribution is -0.122. The molecule has 0 saturated carbocycles. The van der Waals surface area contributed by atoms with Gasteiger partial charge in [0.1, 0.15) is 5.75 Å². The summed E-state index contributed by atoms with van der Waals surface area (Å²) in [5.74, 6) is 0.491. The van der Waals surface area contributed by atoms with E-state index in [9.17, 15) is 4.79 Å². The molecule has 0 saturated heterocycles. The highest BCUT2D eigenvalue weighted by Crippen LogP contribution is 2.20. The number of carbonyl (C=O) groups is 1. The highest BCUT2D eigenvalue weighted by atomic mass is 32.2. The van der Waals surface area contributed by atoms with E-state index in [0.29, 0.717) is 11.4 Å². The monoisotopic (exact) mass is 288 g/mol. The van der Waals surface area contributed by atoms with Gasteiger partial charge < -0.3 is 10.1 Å². The van der Waals surface area contributed by atoms with E-state index in [1.807, 2.05) is 30.5 Å². The van der Waals surface area contributed by atoms with Crippen molar-refractivity contribution in [2.75, 3.05) is 11.6 Å². The number of nitrogens with one attached hydrogen (secondary N) is 1. The Morgan fingerprint density at radius 1 is 1.20 bits per heavy atom. The molecule has 1 atom stereocenters. The number of amides is 1. The molecule has 0 aliphatic heterocycles. The molecule has 0 unspecified atom stereocenters. The molecule has 1 aromatic carbocycles. The van der Waals surface area contributed by atoms with Crippen LogP contribution in [0.4, 0.5) is 5.69 Å². The summed E-state index contributed by atoms with van der Waals surface area (Å²) < 4.78 is 5.61. The van der Waals surface area contributed by atoms with Gasteiger partial charge in [-0.05, 0) is 49.6 Å².